The van der Waals surface area contributed by atoms with E-state index >= 15 is 0 Å². The Balaban J connectivity index is 4.18. The van der Waals surface area contributed by atoms with Crippen LogP contribution >= 0.6 is 7.82 Å². The number of rotatable bonds is 58. The molecule has 3 atom stereocenters. The standard InChI is InChI=1S/C72H123N2O6P/c1-6-8-10-12-14-16-18-20-22-24-26-27-28-29-30-31-32-33-34-35-36-37-38-39-40-41-42-43-44-45-46-47-48-50-52-54-56-58-60-62-64-66-72(76)73-70(69-80-81(77,78)79-68-67-74(3,4)5)71(75)65-63-61-59-57-55-53-51-49-25-23-21-19-17-15-13-11-9-7-2/h8,10,14,16,20,22,26-27,29-30,32-33,35-36,38-39,41-42,44-45,47-48,52,54,70-71,75H,6-7,9,11-13,15,17-19,21,23-25,28,31,34,37,40,43,46,49-51,53,55-69H2,1-5H3,(H-,73,76,77,78)/p+1/b10-8-,16-14-,22-20-,27-26-,30-29-,33-32-,36-35-,39-38-,42-41-,45-44-,48-47-,54-52-. The van der Waals surface area contributed by atoms with Gasteiger partial charge in [-0.05, 0) is 103 Å². The van der Waals surface area contributed by atoms with E-state index < -0.39 is 20.0 Å². The molecule has 3 unspecified atom stereocenters. The molecule has 8 nitrogen and oxygen atoms in total. The Morgan fingerprint density at radius 2 is 0.741 bits per heavy atom. The van der Waals surface area contributed by atoms with Gasteiger partial charge in [-0.25, -0.2) is 4.57 Å². The average molecular weight is 1140 g/mol. The van der Waals surface area contributed by atoms with Crippen LogP contribution in [0.15, 0.2) is 146 Å². The van der Waals surface area contributed by atoms with Gasteiger partial charge in [0.15, 0.2) is 0 Å². The molecular weight excluding hydrogens is 1020 g/mol. The summed E-state index contributed by atoms with van der Waals surface area (Å²) in [7, 11) is 1.58. The number of hydrogen-bond acceptors (Lipinski definition) is 5. The van der Waals surface area contributed by atoms with E-state index in [-0.39, 0.29) is 19.1 Å². The predicted octanol–water partition coefficient (Wildman–Crippen LogP) is 20.8. The zero-order valence-corrected chi connectivity index (χ0v) is 53.6. The average Bonchev–Trinajstić information content (AvgIpc) is 3.43. The number of unbranched alkanes of at least 4 members (excludes halogenated alkanes) is 21. The van der Waals surface area contributed by atoms with Crippen molar-refractivity contribution in [3.05, 3.63) is 146 Å². The Morgan fingerprint density at radius 3 is 1.09 bits per heavy atom. The Kier molecular flexibility index (Phi) is 58.2. The second-order valence-electron chi connectivity index (χ2n) is 22.8. The van der Waals surface area contributed by atoms with E-state index in [2.05, 4.69) is 165 Å². The van der Waals surface area contributed by atoms with E-state index in [1.165, 1.54) is 96.3 Å². The number of nitrogens with one attached hydrogen (secondary N) is 1. The SMILES string of the molecule is CC/C=C\C/C=C\C/C=C\C/C=C\C/C=C\C/C=C\C/C=C\C/C=C\C/C=C\C/C=C\C/C=C\C/C=C\CCCCCCC(=O)NC(COP(=O)(O)OCC[N+](C)(C)C)C(O)CCCCCCCCCCCCCCCCCCCC. The summed E-state index contributed by atoms with van der Waals surface area (Å²) in [6, 6.07) is -0.786. The normalized spacial score (nSPS) is 14.7. The van der Waals surface area contributed by atoms with Crippen molar-refractivity contribution in [1.29, 1.82) is 0 Å². The van der Waals surface area contributed by atoms with Gasteiger partial charge >= 0.3 is 7.82 Å². The topological polar surface area (TPSA) is 105 Å². The molecule has 0 heterocycles. The molecule has 0 aromatic carbocycles. The summed E-state index contributed by atoms with van der Waals surface area (Å²) < 4.78 is 23.8. The lowest BCUT2D eigenvalue weighted by Crippen LogP contribution is -2.46. The molecule has 0 rings (SSSR count). The molecule has 3 N–H and O–H groups in total. The second-order valence-corrected chi connectivity index (χ2v) is 24.2. The highest BCUT2D eigenvalue weighted by Crippen LogP contribution is 2.43. The first-order valence-electron chi connectivity index (χ1n) is 32.7. The van der Waals surface area contributed by atoms with Crippen molar-refractivity contribution in [2.45, 2.75) is 264 Å². The first-order chi connectivity index (χ1) is 39.5. The van der Waals surface area contributed by atoms with Crippen molar-refractivity contribution in [2.75, 3.05) is 40.9 Å². The zero-order chi connectivity index (χ0) is 59.1. The van der Waals surface area contributed by atoms with Gasteiger partial charge in [-0.15, -0.1) is 0 Å². The molecule has 0 saturated carbocycles. The molecule has 0 aromatic heterocycles. The number of phosphoric ester groups is 1. The lowest BCUT2D eigenvalue weighted by atomic mass is 10.0. The molecule has 0 aromatic rings. The molecule has 0 aliphatic carbocycles. The summed E-state index contributed by atoms with van der Waals surface area (Å²) >= 11 is 0. The third-order valence-electron chi connectivity index (χ3n) is 13.9. The zero-order valence-electron chi connectivity index (χ0n) is 52.7. The molecule has 0 radical (unpaired) electrons. The van der Waals surface area contributed by atoms with Crippen LogP contribution in [-0.2, 0) is 18.4 Å². The van der Waals surface area contributed by atoms with Crippen LogP contribution in [0.1, 0.15) is 251 Å². The van der Waals surface area contributed by atoms with Gasteiger partial charge in [0, 0.05) is 6.42 Å². The Morgan fingerprint density at radius 1 is 0.432 bits per heavy atom. The van der Waals surface area contributed by atoms with E-state index in [9.17, 15) is 19.4 Å². The Bertz CT molecular complexity index is 1830. The number of phosphoric acid groups is 1. The van der Waals surface area contributed by atoms with Crippen molar-refractivity contribution in [3.63, 3.8) is 0 Å². The highest BCUT2D eigenvalue weighted by molar-refractivity contribution is 7.47. The number of aliphatic hydroxyl groups is 1. The number of quaternary nitrogens is 1. The van der Waals surface area contributed by atoms with E-state index in [0.29, 0.717) is 23.9 Å². The maximum absolute atomic E-state index is 13.0. The predicted molar refractivity (Wildman–Crippen MR) is 354 cm³/mol. The van der Waals surface area contributed by atoms with E-state index in [1.54, 1.807) is 0 Å². The number of nitrogens with zero attached hydrogens (tertiary/aromatic N) is 1. The molecular formula is C72H124N2O6P+. The molecule has 0 saturated heterocycles. The van der Waals surface area contributed by atoms with E-state index in [4.69, 9.17) is 9.05 Å². The van der Waals surface area contributed by atoms with E-state index in [0.717, 1.165) is 128 Å². The van der Waals surface area contributed by atoms with Gasteiger partial charge in [0.25, 0.3) is 0 Å². The van der Waals surface area contributed by atoms with Crippen LogP contribution in [0.25, 0.3) is 0 Å². The summed E-state index contributed by atoms with van der Waals surface area (Å²) in [6.45, 7) is 4.75. The third-order valence-corrected chi connectivity index (χ3v) is 14.8. The smallest absolute Gasteiger partial charge is 0.391 e. The van der Waals surface area contributed by atoms with Gasteiger partial charge in [0.2, 0.25) is 5.91 Å². The van der Waals surface area contributed by atoms with Crippen LogP contribution in [0.3, 0.4) is 0 Å². The van der Waals surface area contributed by atoms with Crippen molar-refractivity contribution in [2.24, 2.45) is 0 Å². The maximum Gasteiger partial charge on any atom is 0.472 e. The summed E-state index contributed by atoms with van der Waals surface area (Å²) in [5, 5.41) is 14.1. The van der Waals surface area contributed by atoms with Crippen LogP contribution < -0.4 is 5.32 Å². The van der Waals surface area contributed by atoms with Gasteiger partial charge in [-0.1, -0.05) is 288 Å². The molecule has 81 heavy (non-hydrogen) atoms. The van der Waals surface area contributed by atoms with Gasteiger partial charge < -0.3 is 19.8 Å². The minimum atomic E-state index is -4.34. The molecule has 9 heteroatoms. The number of likely N-dealkylation sites (N-methyl/N-ethyl adjacent to an activating group) is 1. The van der Waals surface area contributed by atoms with Crippen molar-refractivity contribution < 1.29 is 32.9 Å². The number of aliphatic hydroxyl groups excluding tert-OH is 1. The molecule has 1 amide bonds. The van der Waals surface area contributed by atoms with Gasteiger partial charge in [-0.2, -0.15) is 0 Å². The van der Waals surface area contributed by atoms with Gasteiger partial charge in [0.05, 0.1) is 39.9 Å². The van der Waals surface area contributed by atoms with Crippen LogP contribution in [0.5, 0.6) is 0 Å². The minimum absolute atomic E-state index is 0.0623. The largest absolute Gasteiger partial charge is 0.472 e. The summed E-state index contributed by atoms with van der Waals surface area (Å²) in [5.41, 5.74) is 0. The third kappa shape index (κ3) is 63.8. The van der Waals surface area contributed by atoms with E-state index in [1.807, 2.05) is 21.1 Å². The number of carbonyl (C=O) groups excluding carboxylic acids is 1. The quantitative estimate of drug-likeness (QED) is 0.0243. The van der Waals surface area contributed by atoms with Crippen molar-refractivity contribution >= 4 is 13.7 Å². The maximum atomic E-state index is 13.0. The highest BCUT2D eigenvalue weighted by atomic mass is 31.2. The number of allylic oxidation sites excluding steroid dienone is 24. The molecule has 0 bridgehead atoms. The van der Waals surface area contributed by atoms with Crippen LogP contribution in [-0.4, -0.2) is 73.4 Å². The molecule has 0 aliphatic heterocycles. The number of carbonyl (C=O) groups is 1. The molecule has 462 valence electrons. The first-order valence-corrected chi connectivity index (χ1v) is 34.2. The second kappa shape index (κ2) is 61.0. The first kappa shape index (κ1) is 77.4. The Hall–Kier alpha value is -3.62. The van der Waals surface area contributed by atoms with Crippen LogP contribution in [0, 0.1) is 0 Å². The van der Waals surface area contributed by atoms with Gasteiger partial charge in [0.1, 0.15) is 13.2 Å². The summed E-state index contributed by atoms with van der Waals surface area (Å²) in [4.78, 5) is 23.4. The van der Waals surface area contributed by atoms with Crippen molar-refractivity contribution in [3.8, 4) is 0 Å². The minimum Gasteiger partial charge on any atom is -0.391 e. The molecule has 0 fully saturated rings. The summed E-state index contributed by atoms with van der Waals surface area (Å²) in [6.07, 6.45) is 93.5. The van der Waals surface area contributed by atoms with Gasteiger partial charge in [-0.3, -0.25) is 13.8 Å². The van der Waals surface area contributed by atoms with Crippen LogP contribution in [0.4, 0.5) is 0 Å². The number of amides is 1. The number of hydrogen-bond donors (Lipinski definition) is 3. The molecule has 0 spiro atoms. The van der Waals surface area contributed by atoms with Crippen molar-refractivity contribution in [1.82, 2.24) is 5.32 Å². The fourth-order valence-electron chi connectivity index (χ4n) is 8.79. The lowest BCUT2D eigenvalue weighted by Gasteiger charge is -2.26. The fourth-order valence-corrected chi connectivity index (χ4v) is 9.53. The monoisotopic (exact) mass is 1140 g/mol. The molecule has 0 aliphatic rings. The Labute approximate surface area is 499 Å². The fraction of sp³-hybridized carbons (Fsp3) is 0.653. The summed E-state index contributed by atoms with van der Waals surface area (Å²) in [5.74, 6) is -0.173. The lowest BCUT2D eigenvalue weighted by molar-refractivity contribution is -0.870. The van der Waals surface area contributed by atoms with Crippen LogP contribution in [0.2, 0.25) is 0 Å². The highest BCUT2D eigenvalue weighted by Gasteiger charge is 2.28.